The summed E-state index contributed by atoms with van der Waals surface area (Å²) in [6, 6.07) is 16.2. The minimum Gasteiger partial charge on any atom is -0.431 e. The van der Waals surface area contributed by atoms with Crippen LogP contribution in [0.3, 0.4) is 0 Å². The third-order valence-electron chi connectivity index (χ3n) is 4.96. The van der Waals surface area contributed by atoms with Crippen molar-refractivity contribution < 1.29 is 14.3 Å². The van der Waals surface area contributed by atoms with E-state index in [9.17, 15) is 9.59 Å². The summed E-state index contributed by atoms with van der Waals surface area (Å²) in [5.41, 5.74) is 3.33. The van der Waals surface area contributed by atoms with E-state index in [0.717, 1.165) is 11.1 Å². The molecule has 2 aromatic rings. The maximum atomic E-state index is 12.7. The molecule has 4 rings (SSSR count). The topological polar surface area (TPSA) is 98.0 Å². The molecule has 2 heterocycles. The van der Waals surface area contributed by atoms with E-state index in [1.54, 1.807) is 34.1 Å². The summed E-state index contributed by atoms with van der Waals surface area (Å²) >= 11 is 0. The number of rotatable bonds is 4. The number of fused-ring (bicyclic) bond motifs is 1. The zero-order chi connectivity index (χ0) is 21.1. The molecule has 3 amide bonds. The summed E-state index contributed by atoms with van der Waals surface area (Å²) in [4.78, 5) is 32.6. The number of urea groups is 1. The lowest BCUT2D eigenvalue weighted by Gasteiger charge is -2.22. The Hall–Kier alpha value is -4.12. The molecule has 0 aromatic heterocycles. The van der Waals surface area contributed by atoms with E-state index >= 15 is 0 Å². The molecule has 0 bridgehead atoms. The van der Waals surface area contributed by atoms with E-state index in [0.29, 0.717) is 30.9 Å². The van der Waals surface area contributed by atoms with E-state index in [4.69, 9.17) is 10.00 Å². The fourth-order valence-corrected chi connectivity index (χ4v) is 3.29. The van der Waals surface area contributed by atoms with Crippen LogP contribution in [0, 0.1) is 18.3 Å². The molecule has 0 saturated carbocycles. The van der Waals surface area contributed by atoms with Crippen molar-refractivity contribution in [2.45, 2.75) is 13.5 Å². The molecular formula is C22H19N5O3. The Morgan fingerprint density at radius 3 is 2.87 bits per heavy atom. The highest BCUT2D eigenvalue weighted by Crippen LogP contribution is 2.22. The minimum atomic E-state index is -0.410. The number of benzene rings is 2. The molecule has 2 aliphatic rings. The second-order valence-corrected chi connectivity index (χ2v) is 6.94. The molecule has 8 nitrogen and oxygen atoms in total. The third kappa shape index (κ3) is 3.86. The maximum absolute atomic E-state index is 12.7. The predicted molar refractivity (Wildman–Crippen MR) is 110 cm³/mol. The average Bonchev–Trinajstić information content (AvgIpc) is 3.08. The van der Waals surface area contributed by atoms with Gasteiger partial charge in [0.25, 0.3) is 5.91 Å². The maximum Gasteiger partial charge on any atom is 0.348 e. The van der Waals surface area contributed by atoms with Crippen molar-refractivity contribution >= 4 is 23.6 Å². The summed E-state index contributed by atoms with van der Waals surface area (Å²) in [7, 11) is 0. The molecule has 2 aromatic carbocycles. The number of aliphatic imine (C=N–C) groups is 1. The Kier molecular flexibility index (Phi) is 5.18. The number of amidine groups is 1. The SMILES string of the molecule is Cc1ccccc1CN1CCN2C(C(=O)Nc3cccc(C#N)c3)=COC2=NC1=O. The summed E-state index contributed by atoms with van der Waals surface area (Å²) in [5.74, 6) is -0.407. The summed E-state index contributed by atoms with van der Waals surface area (Å²) in [6.07, 6.45) is 1.28. The number of carbonyl (C=O) groups is 2. The number of hydrogen-bond donors (Lipinski definition) is 1. The van der Waals surface area contributed by atoms with Crippen LogP contribution in [0.2, 0.25) is 0 Å². The van der Waals surface area contributed by atoms with Crippen molar-refractivity contribution in [3.8, 4) is 6.07 Å². The van der Waals surface area contributed by atoms with Crippen LogP contribution < -0.4 is 5.32 Å². The lowest BCUT2D eigenvalue weighted by Crippen LogP contribution is -2.36. The molecule has 30 heavy (non-hydrogen) atoms. The molecule has 0 fully saturated rings. The van der Waals surface area contributed by atoms with Gasteiger partial charge in [0.2, 0.25) is 0 Å². The Labute approximate surface area is 173 Å². The average molecular weight is 401 g/mol. The number of carbonyl (C=O) groups excluding carboxylic acids is 2. The highest BCUT2D eigenvalue weighted by Gasteiger charge is 2.34. The lowest BCUT2D eigenvalue weighted by atomic mass is 10.1. The molecule has 0 atom stereocenters. The smallest absolute Gasteiger partial charge is 0.348 e. The molecule has 1 N–H and O–H groups in total. The molecular weight excluding hydrogens is 382 g/mol. The van der Waals surface area contributed by atoms with E-state index in [1.165, 1.54) is 6.26 Å². The minimum absolute atomic E-state index is 0.0863. The van der Waals surface area contributed by atoms with Gasteiger partial charge in [0.05, 0.1) is 11.6 Å². The number of anilines is 1. The van der Waals surface area contributed by atoms with Crippen molar-refractivity contribution in [2.75, 3.05) is 18.4 Å². The summed E-state index contributed by atoms with van der Waals surface area (Å²) in [6.45, 7) is 3.19. The third-order valence-corrected chi connectivity index (χ3v) is 4.96. The number of aryl methyl sites for hydroxylation is 1. The van der Waals surface area contributed by atoms with Crippen molar-refractivity contribution in [3.63, 3.8) is 0 Å². The first kappa shape index (κ1) is 19.2. The van der Waals surface area contributed by atoms with Gasteiger partial charge in [0, 0.05) is 25.3 Å². The summed E-state index contributed by atoms with van der Waals surface area (Å²) in [5, 5.41) is 11.8. The van der Waals surface area contributed by atoms with Gasteiger partial charge >= 0.3 is 12.1 Å². The van der Waals surface area contributed by atoms with Crippen molar-refractivity contribution in [1.29, 1.82) is 5.26 Å². The largest absolute Gasteiger partial charge is 0.431 e. The first-order valence-electron chi connectivity index (χ1n) is 9.43. The molecule has 0 unspecified atom stereocenters. The Bertz CT molecular complexity index is 1120. The molecule has 0 spiro atoms. The Morgan fingerprint density at radius 2 is 2.07 bits per heavy atom. The first-order valence-corrected chi connectivity index (χ1v) is 9.43. The number of amides is 3. The van der Waals surface area contributed by atoms with Gasteiger partial charge in [0.15, 0.2) is 0 Å². The quantitative estimate of drug-likeness (QED) is 0.849. The van der Waals surface area contributed by atoms with Gasteiger partial charge in [-0.15, -0.1) is 4.99 Å². The van der Waals surface area contributed by atoms with Crippen LogP contribution in [0.25, 0.3) is 0 Å². The van der Waals surface area contributed by atoms with Crippen LogP contribution in [0.5, 0.6) is 0 Å². The number of nitrogens with zero attached hydrogens (tertiary/aromatic N) is 4. The molecule has 2 aliphatic heterocycles. The highest BCUT2D eigenvalue weighted by atomic mass is 16.5. The van der Waals surface area contributed by atoms with Crippen LogP contribution in [0.4, 0.5) is 10.5 Å². The van der Waals surface area contributed by atoms with Gasteiger partial charge in [-0.2, -0.15) is 5.26 Å². The Morgan fingerprint density at radius 1 is 1.23 bits per heavy atom. The highest BCUT2D eigenvalue weighted by molar-refractivity contribution is 6.08. The normalized spacial score (nSPS) is 15.4. The van der Waals surface area contributed by atoms with E-state index in [2.05, 4.69) is 10.3 Å². The van der Waals surface area contributed by atoms with Crippen LogP contribution >= 0.6 is 0 Å². The van der Waals surface area contributed by atoms with E-state index in [1.807, 2.05) is 37.3 Å². The number of nitriles is 1. The molecule has 8 heteroatoms. The fraction of sp³-hybridized carbons (Fsp3) is 0.182. The van der Waals surface area contributed by atoms with Gasteiger partial charge in [0.1, 0.15) is 12.0 Å². The zero-order valence-corrected chi connectivity index (χ0v) is 16.3. The number of ether oxygens (including phenoxy) is 1. The molecule has 0 radical (unpaired) electrons. The fourth-order valence-electron chi connectivity index (χ4n) is 3.29. The van der Waals surface area contributed by atoms with Crippen LogP contribution in [0.1, 0.15) is 16.7 Å². The molecule has 150 valence electrons. The molecule has 0 aliphatic carbocycles. The van der Waals surface area contributed by atoms with Crippen LogP contribution in [-0.4, -0.2) is 40.8 Å². The van der Waals surface area contributed by atoms with E-state index in [-0.39, 0.29) is 11.7 Å². The second-order valence-electron chi connectivity index (χ2n) is 6.94. The molecule has 0 saturated heterocycles. The number of nitrogens with one attached hydrogen (secondary N) is 1. The lowest BCUT2D eigenvalue weighted by molar-refractivity contribution is -0.113. The van der Waals surface area contributed by atoms with Crippen molar-refractivity contribution in [2.24, 2.45) is 4.99 Å². The van der Waals surface area contributed by atoms with Gasteiger partial charge in [-0.3, -0.25) is 9.69 Å². The van der Waals surface area contributed by atoms with Gasteiger partial charge in [-0.25, -0.2) is 4.79 Å². The van der Waals surface area contributed by atoms with Gasteiger partial charge < -0.3 is 15.0 Å². The monoisotopic (exact) mass is 401 g/mol. The standard InChI is InChI=1S/C22H19N5O3/c1-15-5-2-3-7-17(15)13-26-9-10-27-19(14-30-22(27)25-21(26)29)20(28)24-18-8-4-6-16(11-18)12-23/h2-8,11,14H,9-10,13H2,1H3,(H,24,28). The number of hydrogen-bond acceptors (Lipinski definition) is 5. The van der Waals surface area contributed by atoms with E-state index < -0.39 is 11.9 Å². The Balaban J connectivity index is 1.47. The van der Waals surface area contributed by atoms with Crippen LogP contribution in [0.15, 0.2) is 65.5 Å². The van der Waals surface area contributed by atoms with Crippen molar-refractivity contribution in [1.82, 2.24) is 9.80 Å². The summed E-state index contributed by atoms with van der Waals surface area (Å²) < 4.78 is 5.40. The van der Waals surface area contributed by atoms with Gasteiger partial charge in [-0.1, -0.05) is 30.3 Å². The zero-order valence-electron chi connectivity index (χ0n) is 16.3. The second kappa shape index (κ2) is 8.09. The predicted octanol–water partition coefficient (Wildman–Crippen LogP) is 2.97. The van der Waals surface area contributed by atoms with Crippen molar-refractivity contribution in [3.05, 3.63) is 77.2 Å². The van der Waals surface area contributed by atoms with Gasteiger partial charge in [-0.05, 0) is 36.2 Å². The first-order chi connectivity index (χ1) is 14.5. The van der Waals surface area contributed by atoms with Crippen LogP contribution in [-0.2, 0) is 16.1 Å².